The largest absolute Gasteiger partial charge is 0.496 e. The number of carbonyl (C=O) groups is 1. The van der Waals surface area contributed by atoms with E-state index in [9.17, 15) is 4.79 Å². The van der Waals surface area contributed by atoms with Crippen molar-refractivity contribution in [1.82, 2.24) is 0 Å². The fraction of sp³-hybridized carbons (Fsp3) is 0.211. The molecule has 0 saturated carbocycles. The molecule has 5 heteroatoms. The molecule has 0 saturated heterocycles. The predicted molar refractivity (Wildman–Crippen MR) is 94.5 cm³/mol. The molecule has 2 aromatic rings. The molecule has 0 aliphatic heterocycles. The zero-order valence-corrected chi connectivity index (χ0v) is 13.8. The van der Waals surface area contributed by atoms with Gasteiger partial charge in [-0.25, -0.2) is 0 Å². The maximum absolute atomic E-state index is 12.0. The van der Waals surface area contributed by atoms with Crippen LogP contribution in [0, 0.1) is 0 Å². The number of hydrogen-bond acceptors (Lipinski definition) is 4. The second-order valence-electron chi connectivity index (χ2n) is 4.93. The molecule has 0 fully saturated rings. The SMILES string of the molecule is COCCOc1ccc(NC(=O)/C=C/c2ccccc2OC)cc1. The topological polar surface area (TPSA) is 56.8 Å². The molecule has 126 valence electrons. The Bertz CT molecular complexity index is 680. The third kappa shape index (κ3) is 5.44. The Balaban J connectivity index is 1.91. The molecule has 0 aromatic heterocycles. The van der Waals surface area contributed by atoms with Crippen LogP contribution in [0.5, 0.6) is 11.5 Å². The highest BCUT2D eigenvalue weighted by Crippen LogP contribution is 2.19. The highest BCUT2D eigenvalue weighted by molar-refractivity contribution is 6.02. The van der Waals surface area contributed by atoms with Gasteiger partial charge in [0.05, 0.1) is 13.7 Å². The fourth-order valence-corrected chi connectivity index (χ4v) is 2.03. The van der Waals surface area contributed by atoms with Gasteiger partial charge in [-0.05, 0) is 36.4 Å². The van der Waals surface area contributed by atoms with E-state index >= 15 is 0 Å². The van der Waals surface area contributed by atoms with Gasteiger partial charge in [-0.2, -0.15) is 0 Å². The number of nitrogens with one attached hydrogen (secondary N) is 1. The van der Waals surface area contributed by atoms with Crippen LogP contribution < -0.4 is 14.8 Å². The molecule has 1 amide bonds. The maximum Gasteiger partial charge on any atom is 0.248 e. The zero-order chi connectivity index (χ0) is 17.2. The summed E-state index contributed by atoms with van der Waals surface area (Å²) in [5.41, 5.74) is 1.54. The van der Waals surface area contributed by atoms with Crippen LogP contribution in [0.2, 0.25) is 0 Å². The molecule has 2 rings (SSSR count). The number of anilines is 1. The van der Waals surface area contributed by atoms with Crippen molar-refractivity contribution in [1.29, 1.82) is 0 Å². The molecule has 2 aromatic carbocycles. The van der Waals surface area contributed by atoms with E-state index in [-0.39, 0.29) is 5.91 Å². The van der Waals surface area contributed by atoms with Crippen molar-refractivity contribution in [2.75, 3.05) is 32.8 Å². The van der Waals surface area contributed by atoms with E-state index in [1.165, 1.54) is 6.08 Å². The second-order valence-corrected chi connectivity index (χ2v) is 4.93. The first-order valence-corrected chi connectivity index (χ1v) is 7.57. The van der Waals surface area contributed by atoms with E-state index in [0.717, 1.165) is 17.1 Å². The first-order chi connectivity index (χ1) is 11.7. The molecule has 0 unspecified atom stereocenters. The van der Waals surface area contributed by atoms with Gasteiger partial charge >= 0.3 is 0 Å². The number of amides is 1. The molecular weight excluding hydrogens is 306 g/mol. The molecule has 1 N–H and O–H groups in total. The van der Waals surface area contributed by atoms with Crippen LogP contribution in [0.25, 0.3) is 6.08 Å². The fourth-order valence-electron chi connectivity index (χ4n) is 2.03. The third-order valence-electron chi connectivity index (χ3n) is 3.23. The number of rotatable bonds is 8. The number of ether oxygens (including phenoxy) is 3. The summed E-state index contributed by atoms with van der Waals surface area (Å²) in [4.78, 5) is 12.0. The van der Waals surface area contributed by atoms with Gasteiger partial charge in [-0.1, -0.05) is 18.2 Å². The van der Waals surface area contributed by atoms with Gasteiger partial charge in [-0.3, -0.25) is 4.79 Å². The minimum absolute atomic E-state index is 0.214. The number of hydrogen-bond donors (Lipinski definition) is 1. The van der Waals surface area contributed by atoms with Crippen molar-refractivity contribution in [3.8, 4) is 11.5 Å². The van der Waals surface area contributed by atoms with Crippen molar-refractivity contribution >= 4 is 17.7 Å². The average Bonchev–Trinajstić information content (AvgIpc) is 2.62. The molecule has 0 aliphatic rings. The first-order valence-electron chi connectivity index (χ1n) is 7.57. The first kappa shape index (κ1) is 17.6. The Hall–Kier alpha value is -2.79. The van der Waals surface area contributed by atoms with Crippen LogP contribution in [0.1, 0.15) is 5.56 Å². The summed E-state index contributed by atoms with van der Waals surface area (Å²) in [6.45, 7) is 1.02. The monoisotopic (exact) mass is 327 g/mol. The average molecular weight is 327 g/mol. The van der Waals surface area contributed by atoms with E-state index in [0.29, 0.717) is 18.9 Å². The third-order valence-corrected chi connectivity index (χ3v) is 3.23. The quantitative estimate of drug-likeness (QED) is 0.596. The van der Waals surface area contributed by atoms with Gasteiger partial charge in [-0.15, -0.1) is 0 Å². The molecule has 0 atom stereocenters. The van der Waals surface area contributed by atoms with E-state index in [1.807, 2.05) is 24.3 Å². The van der Waals surface area contributed by atoms with E-state index in [4.69, 9.17) is 14.2 Å². The predicted octanol–water partition coefficient (Wildman–Crippen LogP) is 3.37. The zero-order valence-electron chi connectivity index (χ0n) is 13.8. The van der Waals surface area contributed by atoms with Gasteiger partial charge in [0.15, 0.2) is 0 Å². The standard InChI is InChI=1S/C19H21NO4/c1-22-13-14-24-17-10-8-16(9-11-17)20-19(21)12-7-15-5-3-4-6-18(15)23-2/h3-12H,13-14H2,1-2H3,(H,20,21)/b12-7+. The number of methoxy groups -OCH3 is 2. The van der Waals surface area contributed by atoms with Crippen LogP contribution in [0.3, 0.4) is 0 Å². The molecule has 5 nitrogen and oxygen atoms in total. The summed E-state index contributed by atoms with van der Waals surface area (Å²) in [6.07, 6.45) is 3.19. The van der Waals surface area contributed by atoms with Crippen LogP contribution in [-0.2, 0) is 9.53 Å². The lowest BCUT2D eigenvalue weighted by Gasteiger charge is -2.07. The molecule has 24 heavy (non-hydrogen) atoms. The van der Waals surface area contributed by atoms with E-state index in [2.05, 4.69) is 5.32 Å². The second kappa shape index (κ2) is 9.37. The number of carbonyl (C=O) groups excluding carboxylic acids is 1. The Labute approximate surface area is 141 Å². The smallest absolute Gasteiger partial charge is 0.248 e. The molecule has 0 bridgehead atoms. The van der Waals surface area contributed by atoms with Crippen molar-refractivity contribution in [2.45, 2.75) is 0 Å². The van der Waals surface area contributed by atoms with Crippen LogP contribution >= 0.6 is 0 Å². The Kier molecular flexibility index (Phi) is 6.86. The summed E-state index contributed by atoms with van der Waals surface area (Å²) in [5.74, 6) is 1.24. The Morgan fingerprint density at radius 2 is 1.79 bits per heavy atom. The molecule has 0 heterocycles. The van der Waals surface area contributed by atoms with Gasteiger partial charge in [0.2, 0.25) is 5.91 Å². The Morgan fingerprint density at radius 1 is 1.04 bits per heavy atom. The van der Waals surface area contributed by atoms with Crippen molar-refractivity contribution in [3.63, 3.8) is 0 Å². The molecule has 0 radical (unpaired) electrons. The van der Waals surface area contributed by atoms with Crippen molar-refractivity contribution < 1.29 is 19.0 Å². The molecule has 0 spiro atoms. The summed E-state index contributed by atoms with van der Waals surface area (Å²) in [6, 6.07) is 14.7. The van der Waals surface area contributed by atoms with Crippen LogP contribution in [0.15, 0.2) is 54.6 Å². The van der Waals surface area contributed by atoms with Gasteiger partial charge in [0.25, 0.3) is 0 Å². The van der Waals surface area contributed by atoms with Gasteiger partial charge < -0.3 is 19.5 Å². The summed E-state index contributed by atoms with van der Waals surface area (Å²) in [7, 11) is 3.23. The van der Waals surface area contributed by atoms with E-state index < -0.39 is 0 Å². The van der Waals surface area contributed by atoms with Crippen LogP contribution in [-0.4, -0.2) is 33.3 Å². The summed E-state index contributed by atoms with van der Waals surface area (Å²) in [5, 5.41) is 2.80. The normalized spacial score (nSPS) is 10.6. The minimum atomic E-state index is -0.214. The lowest BCUT2D eigenvalue weighted by atomic mass is 10.2. The lowest BCUT2D eigenvalue weighted by Crippen LogP contribution is -2.08. The van der Waals surface area contributed by atoms with E-state index in [1.54, 1.807) is 44.6 Å². The lowest BCUT2D eigenvalue weighted by molar-refractivity contribution is -0.111. The van der Waals surface area contributed by atoms with Gasteiger partial charge in [0, 0.05) is 24.4 Å². The summed E-state index contributed by atoms with van der Waals surface area (Å²) >= 11 is 0. The summed E-state index contributed by atoms with van der Waals surface area (Å²) < 4.78 is 15.6. The molecular formula is C19H21NO4. The Morgan fingerprint density at radius 3 is 2.50 bits per heavy atom. The van der Waals surface area contributed by atoms with Crippen molar-refractivity contribution in [2.24, 2.45) is 0 Å². The van der Waals surface area contributed by atoms with Crippen molar-refractivity contribution in [3.05, 3.63) is 60.2 Å². The van der Waals surface area contributed by atoms with Gasteiger partial charge in [0.1, 0.15) is 18.1 Å². The highest BCUT2D eigenvalue weighted by atomic mass is 16.5. The highest BCUT2D eigenvalue weighted by Gasteiger charge is 2.01. The number of para-hydroxylation sites is 1. The van der Waals surface area contributed by atoms with Crippen LogP contribution in [0.4, 0.5) is 5.69 Å². The molecule has 0 aliphatic carbocycles. The number of benzene rings is 2. The minimum Gasteiger partial charge on any atom is -0.496 e. The maximum atomic E-state index is 12.0.